The van der Waals surface area contributed by atoms with Gasteiger partial charge >= 0.3 is 0 Å². The monoisotopic (exact) mass is 594 g/mol. The lowest BCUT2D eigenvalue weighted by Gasteiger charge is -2.65. The van der Waals surface area contributed by atoms with Crippen LogP contribution in [0.4, 0.5) is 0 Å². The molecule has 242 valence electrons. The first-order valence-corrected chi connectivity index (χ1v) is 16.7. The number of aliphatic hydroxyl groups is 6. The van der Waals surface area contributed by atoms with Crippen molar-refractivity contribution in [2.45, 2.75) is 141 Å². The molecule has 0 aromatic carbocycles. The van der Waals surface area contributed by atoms with Gasteiger partial charge in [-0.05, 0) is 118 Å². The molecule has 8 nitrogen and oxygen atoms in total. The molecule has 4 saturated carbocycles. The summed E-state index contributed by atoms with van der Waals surface area (Å²) >= 11 is 0. The Balaban J connectivity index is 1.35. The third-order valence-electron chi connectivity index (χ3n) is 13.1. The van der Waals surface area contributed by atoms with Gasteiger partial charge in [-0.25, -0.2) is 0 Å². The summed E-state index contributed by atoms with van der Waals surface area (Å²) < 4.78 is 12.3. The quantitative estimate of drug-likeness (QED) is 0.236. The molecule has 16 atom stereocenters. The topological polar surface area (TPSA) is 140 Å². The van der Waals surface area contributed by atoms with Gasteiger partial charge in [0.25, 0.3) is 0 Å². The summed E-state index contributed by atoms with van der Waals surface area (Å²) in [5.74, 6) is 1.97. The minimum Gasteiger partial charge on any atom is -0.394 e. The van der Waals surface area contributed by atoms with Gasteiger partial charge in [-0.2, -0.15) is 0 Å². The van der Waals surface area contributed by atoms with Gasteiger partial charge < -0.3 is 40.1 Å². The van der Waals surface area contributed by atoms with Crippen molar-refractivity contribution in [3.8, 4) is 0 Å². The van der Waals surface area contributed by atoms with E-state index in [2.05, 4.69) is 40.7 Å². The van der Waals surface area contributed by atoms with E-state index in [1.807, 2.05) is 0 Å². The third kappa shape index (κ3) is 5.66. The lowest BCUT2D eigenvalue weighted by atomic mass is 9.40. The van der Waals surface area contributed by atoms with E-state index in [4.69, 9.17) is 9.47 Å². The Bertz CT molecular complexity index is 952. The van der Waals surface area contributed by atoms with Crippen molar-refractivity contribution in [1.82, 2.24) is 0 Å². The lowest BCUT2D eigenvalue weighted by molar-refractivity contribution is -0.244. The molecular formula is C34H58O8. The minimum absolute atomic E-state index is 0.0464. The smallest absolute Gasteiger partial charge is 0.111 e. The summed E-state index contributed by atoms with van der Waals surface area (Å²) in [5.41, 5.74) is 1.53. The molecule has 42 heavy (non-hydrogen) atoms. The number of aliphatic hydroxyl groups excluding tert-OH is 6. The van der Waals surface area contributed by atoms with Gasteiger partial charge in [0, 0.05) is 0 Å². The second kappa shape index (κ2) is 12.7. The van der Waals surface area contributed by atoms with Gasteiger partial charge in [-0.1, -0.05) is 32.4 Å². The van der Waals surface area contributed by atoms with Crippen molar-refractivity contribution in [2.24, 2.45) is 46.3 Å². The van der Waals surface area contributed by atoms with E-state index >= 15 is 0 Å². The molecule has 0 bridgehead atoms. The molecule has 0 aromatic rings. The van der Waals surface area contributed by atoms with E-state index < -0.39 is 43.2 Å². The Morgan fingerprint density at radius 2 is 1.55 bits per heavy atom. The molecule has 6 N–H and O–H groups in total. The van der Waals surface area contributed by atoms with Crippen LogP contribution in [0.15, 0.2) is 11.6 Å². The van der Waals surface area contributed by atoms with E-state index in [0.717, 1.165) is 57.8 Å². The molecule has 5 aliphatic rings. The van der Waals surface area contributed by atoms with Crippen LogP contribution in [0.2, 0.25) is 0 Å². The second-order valence-corrected chi connectivity index (χ2v) is 15.5. The first-order valence-electron chi connectivity index (χ1n) is 16.7. The molecule has 0 amide bonds. The van der Waals surface area contributed by atoms with Gasteiger partial charge in [0.2, 0.25) is 0 Å². The summed E-state index contributed by atoms with van der Waals surface area (Å²) in [5, 5.41) is 63.4. The highest BCUT2D eigenvalue weighted by molar-refractivity contribution is 5.14. The van der Waals surface area contributed by atoms with Crippen molar-refractivity contribution in [2.75, 3.05) is 13.2 Å². The van der Waals surface area contributed by atoms with Crippen LogP contribution in [0.25, 0.3) is 0 Å². The Kier molecular flexibility index (Phi) is 9.89. The fourth-order valence-electron chi connectivity index (χ4n) is 10.9. The van der Waals surface area contributed by atoms with Crippen LogP contribution in [0.5, 0.6) is 0 Å². The van der Waals surface area contributed by atoms with Crippen molar-refractivity contribution in [3.05, 3.63) is 11.6 Å². The molecule has 1 heterocycles. The highest BCUT2D eigenvalue weighted by Gasteiger charge is 2.65. The molecule has 4 aliphatic carbocycles. The van der Waals surface area contributed by atoms with E-state index in [0.29, 0.717) is 23.7 Å². The number of allylic oxidation sites excluding steroid dienone is 2. The van der Waals surface area contributed by atoms with Crippen LogP contribution in [0, 0.1) is 46.3 Å². The van der Waals surface area contributed by atoms with Crippen LogP contribution >= 0.6 is 0 Å². The number of hydrogen-bond donors (Lipinski definition) is 6. The third-order valence-corrected chi connectivity index (χ3v) is 13.1. The number of hydrogen-bond acceptors (Lipinski definition) is 8. The molecular weight excluding hydrogens is 536 g/mol. The van der Waals surface area contributed by atoms with Crippen molar-refractivity contribution < 1.29 is 40.1 Å². The first-order chi connectivity index (χ1) is 19.8. The van der Waals surface area contributed by atoms with Gasteiger partial charge in [0.1, 0.15) is 30.5 Å². The number of fused-ring (bicyclic) bond motifs is 5. The van der Waals surface area contributed by atoms with Crippen molar-refractivity contribution in [3.63, 3.8) is 0 Å². The normalized spacial score (nSPS) is 51.3. The minimum atomic E-state index is -1.42. The summed E-state index contributed by atoms with van der Waals surface area (Å²) in [7, 11) is 0. The Hall–Kier alpha value is -0.580. The lowest BCUT2D eigenvalue weighted by Crippen LogP contribution is -2.61. The van der Waals surface area contributed by atoms with Crippen LogP contribution < -0.4 is 0 Å². The molecule has 1 aliphatic heterocycles. The SMILES string of the molecule is CC(C)=CCCC(OCC1OC(CO)C(O)C(O)[C@@H]1O)C1CCC2C1[C@H](O)CC1[C@@]2(C)CCC2[C@@H](C)C(O)CC[C@@]21C. The molecule has 0 spiro atoms. The molecule has 8 heteroatoms. The average molecular weight is 595 g/mol. The molecule has 5 rings (SSSR count). The Labute approximate surface area is 252 Å². The van der Waals surface area contributed by atoms with Gasteiger partial charge in [0.15, 0.2) is 0 Å². The van der Waals surface area contributed by atoms with Gasteiger partial charge in [-0.15, -0.1) is 0 Å². The predicted octanol–water partition coefficient (Wildman–Crippen LogP) is 3.20. The summed E-state index contributed by atoms with van der Waals surface area (Å²) in [6, 6.07) is 0. The van der Waals surface area contributed by atoms with Crippen LogP contribution in [0.1, 0.15) is 92.4 Å². The molecule has 5 fully saturated rings. The predicted molar refractivity (Wildman–Crippen MR) is 159 cm³/mol. The zero-order valence-electron chi connectivity index (χ0n) is 26.4. The Morgan fingerprint density at radius 1 is 0.881 bits per heavy atom. The van der Waals surface area contributed by atoms with E-state index in [-0.39, 0.29) is 41.5 Å². The maximum Gasteiger partial charge on any atom is 0.111 e. The fourth-order valence-corrected chi connectivity index (χ4v) is 10.9. The molecule has 0 aromatic heterocycles. The average Bonchev–Trinajstić information content (AvgIpc) is 3.41. The largest absolute Gasteiger partial charge is 0.394 e. The molecule has 0 radical (unpaired) electrons. The van der Waals surface area contributed by atoms with Crippen LogP contribution in [-0.4, -0.2) is 92.7 Å². The standard InChI is InChI=1S/C34H58O8/c1-18(2)7-6-8-25(41-17-27-31(39)32(40)30(38)26(16-35)42-27)20-9-10-22-29(20)24(37)15-28-33(4)14-12-23(36)19(3)21(33)11-13-34(22,28)5/h7,19-32,35-40H,6,8-17H2,1-5H3/t19-,20?,21?,22?,23?,24-,25?,26?,27?,28?,29?,30?,31-,32?,33+,34+/m1/s1. The van der Waals surface area contributed by atoms with Crippen LogP contribution in [0.3, 0.4) is 0 Å². The number of ether oxygens (including phenoxy) is 2. The van der Waals surface area contributed by atoms with E-state index in [1.165, 1.54) is 5.57 Å². The summed E-state index contributed by atoms with van der Waals surface area (Å²) in [6.45, 7) is 10.9. The maximum absolute atomic E-state index is 11.9. The summed E-state index contributed by atoms with van der Waals surface area (Å²) in [6.07, 6.45) is 4.20. The first kappa shape index (κ1) is 32.8. The fraction of sp³-hybridized carbons (Fsp3) is 0.941. The highest BCUT2D eigenvalue weighted by Crippen LogP contribution is 2.70. The zero-order valence-corrected chi connectivity index (χ0v) is 26.4. The van der Waals surface area contributed by atoms with E-state index in [1.54, 1.807) is 0 Å². The molecule has 11 unspecified atom stereocenters. The van der Waals surface area contributed by atoms with Gasteiger partial charge in [-0.3, -0.25) is 0 Å². The van der Waals surface area contributed by atoms with Crippen molar-refractivity contribution >= 4 is 0 Å². The zero-order chi connectivity index (χ0) is 30.6. The maximum atomic E-state index is 11.9. The van der Waals surface area contributed by atoms with E-state index in [9.17, 15) is 30.6 Å². The Morgan fingerprint density at radius 3 is 2.24 bits per heavy atom. The van der Waals surface area contributed by atoms with Crippen LogP contribution in [-0.2, 0) is 9.47 Å². The summed E-state index contributed by atoms with van der Waals surface area (Å²) in [4.78, 5) is 0. The highest BCUT2D eigenvalue weighted by atomic mass is 16.6. The molecule has 1 saturated heterocycles. The van der Waals surface area contributed by atoms with Crippen molar-refractivity contribution in [1.29, 1.82) is 0 Å². The van der Waals surface area contributed by atoms with Gasteiger partial charge in [0.05, 0.1) is 31.5 Å². The second-order valence-electron chi connectivity index (χ2n) is 15.5. The number of rotatable bonds is 8.